The van der Waals surface area contributed by atoms with Gasteiger partial charge in [-0.15, -0.1) is 0 Å². The number of aliphatic carboxylic acids is 1. The highest BCUT2D eigenvalue weighted by Gasteiger charge is 2.31. The SMILES string of the molecule is O=C(O)CCNC(=O)CCCCCN1C(=O)/C(=C/c2cccc(OCc3ccccc3)c2)SC1=S. The number of hydrogen-bond acceptors (Lipinski definition) is 6. The summed E-state index contributed by atoms with van der Waals surface area (Å²) in [5.74, 6) is -0.478. The Kier molecular flexibility index (Phi) is 10.3. The summed E-state index contributed by atoms with van der Waals surface area (Å²) in [6.07, 6.45) is 4.24. The van der Waals surface area contributed by atoms with Crippen LogP contribution in [0.1, 0.15) is 43.2 Å². The first kappa shape index (κ1) is 26.4. The lowest BCUT2D eigenvalue weighted by Crippen LogP contribution is -2.29. The van der Waals surface area contributed by atoms with Crippen LogP contribution in [0.3, 0.4) is 0 Å². The molecule has 0 spiro atoms. The molecule has 0 unspecified atom stereocenters. The standard InChI is InChI=1S/C26H28N2O5S2/c29-23(27-14-13-24(30)31)12-5-2-6-15-28-25(32)22(35-26(28)34)17-20-10-7-11-21(16-20)33-18-19-8-3-1-4-9-19/h1,3-4,7-11,16-17H,2,5-6,12-15,18H2,(H,27,29)(H,30,31)/b22-17-. The molecule has 7 nitrogen and oxygen atoms in total. The smallest absolute Gasteiger partial charge is 0.305 e. The van der Waals surface area contributed by atoms with Gasteiger partial charge in [-0.25, -0.2) is 0 Å². The molecule has 9 heteroatoms. The van der Waals surface area contributed by atoms with Gasteiger partial charge in [0, 0.05) is 19.5 Å². The first-order valence-corrected chi connectivity index (χ1v) is 12.7. The second-order valence-corrected chi connectivity index (χ2v) is 9.66. The van der Waals surface area contributed by atoms with E-state index in [0.29, 0.717) is 35.2 Å². The van der Waals surface area contributed by atoms with E-state index in [1.807, 2.05) is 60.7 Å². The summed E-state index contributed by atoms with van der Waals surface area (Å²) in [4.78, 5) is 37.2. The van der Waals surface area contributed by atoms with Gasteiger partial charge in [0.05, 0.1) is 11.3 Å². The molecule has 1 fully saturated rings. The van der Waals surface area contributed by atoms with E-state index in [4.69, 9.17) is 22.1 Å². The van der Waals surface area contributed by atoms with Gasteiger partial charge < -0.3 is 15.2 Å². The van der Waals surface area contributed by atoms with Gasteiger partial charge in [-0.1, -0.05) is 72.9 Å². The summed E-state index contributed by atoms with van der Waals surface area (Å²) in [6, 6.07) is 17.5. The van der Waals surface area contributed by atoms with E-state index in [2.05, 4.69) is 5.32 Å². The van der Waals surface area contributed by atoms with Gasteiger partial charge in [0.25, 0.3) is 5.91 Å². The summed E-state index contributed by atoms with van der Waals surface area (Å²) in [5.41, 5.74) is 1.95. The van der Waals surface area contributed by atoms with Gasteiger partial charge in [0.2, 0.25) is 5.91 Å². The minimum atomic E-state index is -0.938. The molecule has 2 amide bonds. The van der Waals surface area contributed by atoms with Crippen LogP contribution >= 0.6 is 24.0 Å². The summed E-state index contributed by atoms with van der Waals surface area (Å²) in [5, 5.41) is 11.2. The lowest BCUT2D eigenvalue weighted by atomic mass is 10.1. The molecule has 1 aliphatic heterocycles. The Morgan fingerprint density at radius 2 is 1.86 bits per heavy atom. The first-order valence-electron chi connectivity index (χ1n) is 11.4. The van der Waals surface area contributed by atoms with Gasteiger partial charge in [0.1, 0.15) is 16.7 Å². The zero-order valence-electron chi connectivity index (χ0n) is 19.3. The minimum absolute atomic E-state index is 0.0845. The molecule has 1 saturated heterocycles. The Balaban J connectivity index is 1.44. The average Bonchev–Trinajstić information content (AvgIpc) is 3.10. The zero-order chi connectivity index (χ0) is 25.0. The maximum absolute atomic E-state index is 12.9. The van der Waals surface area contributed by atoms with E-state index < -0.39 is 5.97 Å². The Morgan fingerprint density at radius 1 is 1.06 bits per heavy atom. The van der Waals surface area contributed by atoms with Crippen molar-refractivity contribution in [2.45, 2.75) is 38.7 Å². The molecule has 2 N–H and O–H groups in total. The van der Waals surface area contributed by atoms with Crippen molar-refractivity contribution in [2.75, 3.05) is 13.1 Å². The quantitative estimate of drug-likeness (QED) is 0.230. The van der Waals surface area contributed by atoms with Crippen LogP contribution in [0.4, 0.5) is 0 Å². The molecule has 0 aliphatic carbocycles. The molecule has 0 saturated carbocycles. The van der Waals surface area contributed by atoms with Crippen LogP contribution in [0.15, 0.2) is 59.5 Å². The number of carboxylic acids is 1. The van der Waals surface area contributed by atoms with Crippen LogP contribution in [0.25, 0.3) is 6.08 Å². The maximum Gasteiger partial charge on any atom is 0.305 e. The predicted molar refractivity (Wildman–Crippen MR) is 141 cm³/mol. The average molecular weight is 513 g/mol. The number of benzene rings is 2. The van der Waals surface area contributed by atoms with Crippen molar-refractivity contribution < 1.29 is 24.2 Å². The van der Waals surface area contributed by atoms with Crippen LogP contribution in [-0.4, -0.2) is 45.2 Å². The summed E-state index contributed by atoms with van der Waals surface area (Å²) in [6.45, 7) is 1.11. The molecule has 0 bridgehead atoms. The fourth-order valence-electron chi connectivity index (χ4n) is 3.41. The highest BCUT2D eigenvalue weighted by molar-refractivity contribution is 8.26. The number of rotatable bonds is 13. The number of carboxylic acid groups (broad SMARTS) is 1. The normalized spacial score (nSPS) is 14.4. The fraction of sp³-hybridized carbons (Fsp3) is 0.308. The second-order valence-electron chi connectivity index (χ2n) is 7.98. The Hall–Kier alpha value is -3.17. The van der Waals surface area contributed by atoms with Crippen LogP contribution in [0.5, 0.6) is 5.75 Å². The molecular formula is C26H28N2O5S2. The lowest BCUT2D eigenvalue weighted by molar-refractivity contribution is -0.137. The maximum atomic E-state index is 12.9. The van der Waals surface area contributed by atoms with E-state index in [-0.39, 0.29) is 24.8 Å². The number of carbonyl (C=O) groups is 3. The monoisotopic (exact) mass is 512 g/mol. The van der Waals surface area contributed by atoms with Crippen molar-refractivity contribution in [3.8, 4) is 5.75 Å². The molecule has 2 aromatic carbocycles. The van der Waals surface area contributed by atoms with E-state index in [1.165, 1.54) is 11.8 Å². The van der Waals surface area contributed by atoms with E-state index >= 15 is 0 Å². The topological polar surface area (TPSA) is 95.9 Å². The minimum Gasteiger partial charge on any atom is -0.489 e. The Bertz CT molecular complexity index is 1090. The number of thiocarbonyl (C=S) groups is 1. The lowest BCUT2D eigenvalue weighted by Gasteiger charge is -2.14. The van der Waals surface area contributed by atoms with Crippen molar-refractivity contribution in [1.82, 2.24) is 10.2 Å². The number of ether oxygens (including phenoxy) is 1. The molecule has 184 valence electrons. The van der Waals surface area contributed by atoms with Crippen LogP contribution in [0.2, 0.25) is 0 Å². The largest absolute Gasteiger partial charge is 0.489 e. The summed E-state index contributed by atoms with van der Waals surface area (Å²) < 4.78 is 6.41. The van der Waals surface area contributed by atoms with Crippen molar-refractivity contribution in [3.63, 3.8) is 0 Å². The molecule has 0 atom stereocenters. The van der Waals surface area contributed by atoms with E-state index in [9.17, 15) is 14.4 Å². The number of nitrogens with zero attached hydrogens (tertiary/aromatic N) is 1. The second kappa shape index (κ2) is 13.7. The molecule has 1 heterocycles. The molecule has 2 aromatic rings. The molecule has 1 aliphatic rings. The van der Waals surface area contributed by atoms with Crippen LogP contribution in [-0.2, 0) is 21.0 Å². The number of nitrogens with one attached hydrogen (secondary N) is 1. The van der Waals surface area contributed by atoms with Crippen molar-refractivity contribution in [2.24, 2.45) is 0 Å². The number of amides is 2. The predicted octanol–water partition coefficient (Wildman–Crippen LogP) is 4.62. The molecule has 0 radical (unpaired) electrons. The Labute approximate surface area is 214 Å². The van der Waals surface area contributed by atoms with E-state index in [0.717, 1.165) is 29.7 Å². The van der Waals surface area contributed by atoms with Crippen molar-refractivity contribution >= 4 is 52.2 Å². The number of thioether (sulfide) groups is 1. The van der Waals surface area contributed by atoms with Gasteiger partial charge in [0.15, 0.2) is 0 Å². The van der Waals surface area contributed by atoms with Crippen LogP contribution < -0.4 is 10.1 Å². The van der Waals surface area contributed by atoms with Gasteiger partial charge in [-0.3, -0.25) is 19.3 Å². The summed E-state index contributed by atoms with van der Waals surface area (Å²) in [7, 11) is 0. The highest BCUT2D eigenvalue weighted by Crippen LogP contribution is 2.33. The van der Waals surface area contributed by atoms with E-state index in [1.54, 1.807) is 4.90 Å². The van der Waals surface area contributed by atoms with Crippen molar-refractivity contribution in [1.29, 1.82) is 0 Å². The Morgan fingerprint density at radius 3 is 2.63 bits per heavy atom. The molecular weight excluding hydrogens is 484 g/mol. The van der Waals surface area contributed by atoms with Crippen LogP contribution in [0, 0.1) is 0 Å². The van der Waals surface area contributed by atoms with Gasteiger partial charge in [-0.05, 0) is 42.2 Å². The highest BCUT2D eigenvalue weighted by atomic mass is 32.2. The third-order valence-electron chi connectivity index (χ3n) is 5.22. The van der Waals surface area contributed by atoms with Crippen molar-refractivity contribution in [3.05, 3.63) is 70.6 Å². The third kappa shape index (κ3) is 8.84. The zero-order valence-corrected chi connectivity index (χ0v) is 20.9. The fourth-order valence-corrected chi connectivity index (χ4v) is 4.72. The van der Waals surface area contributed by atoms with Gasteiger partial charge in [-0.2, -0.15) is 0 Å². The number of unbranched alkanes of at least 4 members (excludes halogenated alkanes) is 2. The number of hydrogen-bond donors (Lipinski definition) is 2. The first-order chi connectivity index (χ1) is 16.9. The molecule has 35 heavy (non-hydrogen) atoms. The summed E-state index contributed by atoms with van der Waals surface area (Å²) >= 11 is 6.70. The number of carbonyl (C=O) groups excluding carboxylic acids is 2. The molecule has 0 aromatic heterocycles. The van der Waals surface area contributed by atoms with Gasteiger partial charge >= 0.3 is 5.97 Å². The third-order valence-corrected chi connectivity index (χ3v) is 6.60. The molecule has 3 rings (SSSR count).